The number of aliphatic carboxylic acids is 1. The van der Waals surface area contributed by atoms with E-state index in [0.717, 1.165) is 42.7 Å². The van der Waals surface area contributed by atoms with Crippen molar-refractivity contribution in [2.24, 2.45) is 5.92 Å². The molecule has 2 N–H and O–H groups in total. The van der Waals surface area contributed by atoms with Gasteiger partial charge in [-0.15, -0.1) is 0 Å². The predicted octanol–water partition coefficient (Wildman–Crippen LogP) is 2.68. The molecule has 2 aromatic rings. The van der Waals surface area contributed by atoms with Crippen molar-refractivity contribution >= 4 is 22.9 Å². The molecule has 0 bridgehead atoms. The fourth-order valence-electron chi connectivity index (χ4n) is 3.24. The molecule has 1 amide bonds. The average Bonchev–Trinajstić information content (AvgIpc) is 2.97. The molecule has 0 saturated carbocycles. The Morgan fingerprint density at radius 1 is 1.30 bits per heavy atom. The topological polar surface area (TPSA) is 90.2 Å². The number of aryl methyl sites for hydroxylation is 2. The number of imidazole rings is 1. The number of pyridine rings is 1. The van der Waals surface area contributed by atoms with Gasteiger partial charge in [0.25, 0.3) is 0 Å². The van der Waals surface area contributed by atoms with E-state index in [-0.39, 0.29) is 11.8 Å². The van der Waals surface area contributed by atoms with E-state index >= 15 is 0 Å². The van der Waals surface area contributed by atoms with E-state index in [2.05, 4.69) is 20.7 Å². The highest BCUT2D eigenvalue weighted by molar-refractivity contribution is 5.83. The number of carboxylic acids is 1. The lowest BCUT2D eigenvalue weighted by molar-refractivity contribution is -0.696. The number of nitrogens with one attached hydrogen (secondary N) is 1. The largest absolute Gasteiger partial charge is 0.480 e. The zero-order valence-corrected chi connectivity index (χ0v) is 16.7. The summed E-state index contributed by atoms with van der Waals surface area (Å²) in [6, 6.07) is 1.26. The molecule has 2 rings (SSSR count). The summed E-state index contributed by atoms with van der Waals surface area (Å²) in [4.78, 5) is 32.7. The van der Waals surface area contributed by atoms with Crippen LogP contribution in [-0.2, 0) is 16.1 Å². The molecule has 0 spiro atoms. The van der Waals surface area contributed by atoms with Crippen LogP contribution in [0.3, 0.4) is 0 Å². The Morgan fingerprint density at radius 3 is 2.70 bits per heavy atom. The highest BCUT2D eigenvalue weighted by Gasteiger charge is 2.26. The van der Waals surface area contributed by atoms with Gasteiger partial charge in [0, 0.05) is 26.0 Å². The lowest BCUT2D eigenvalue weighted by Gasteiger charge is -2.26. The number of nitrogens with zero attached hydrogens (tertiary/aromatic N) is 3. The molecule has 0 aliphatic carbocycles. The summed E-state index contributed by atoms with van der Waals surface area (Å²) < 4.78 is 2.12. The highest BCUT2D eigenvalue weighted by atomic mass is 16.4. The van der Waals surface area contributed by atoms with Gasteiger partial charge in [0.1, 0.15) is 29.4 Å². The second kappa shape index (κ2) is 9.48. The second-order valence-corrected chi connectivity index (χ2v) is 7.60. The van der Waals surface area contributed by atoms with Crippen LogP contribution in [0.5, 0.6) is 0 Å². The van der Waals surface area contributed by atoms with Crippen LogP contribution in [-0.4, -0.2) is 44.9 Å². The molecule has 0 fully saturated rings. The van der Waals surface area contributed by atoms with Crippen LogP contribution in [0, 0.1) is 12.8 Å². The average molecular weight is 375 g/mol. The zero-order chi connectivity index (χ0) is 20.0. The third-order valence-corrected chi connectivity index (χ3v) is 4.75. The van der Waals surface area contributed by atoms with Gasteiger partial charge < -0.3 is 15.0 Å². The Balaban J connectivity index is 1.74. The maximum absolute atomic E-state index is 12.3. The number of carbonyl (C=O) groups is 2. The van der Waals surface area contributed by atoms with Gasteiger partial charge in [-0.05, 0) is 32.1 Å². The van der Waals surface area contributed by atoms with Gasteiger partial charge in [0.05, 0.1) is 0 Å². The number of carbonyl (C=O) groups excluding carboxylic acids is 1. The number of aromatic amines is 1. The van der Waals surface area contributed by atoms with Crippen LogP contribution in [0.25, 0.3) is 11.0 Å². The summed E-state index contributed by atoms with van der Waals surface area (Å²) in [5.41, 5.74) is 1.99. The maximum Gasteiger partial charge on any atom is 0.326 e. The van der Waals surface area contributed by atoms with E-state index in [0.29, 0.717) is 12.8 Å². The number of carboxylic acid groups (broad SMARTS) is 1. The van der Waals surface area contributed by atoms with Crippen molar-refractivity contribution in [2.75, 3.05) is 7.05 Å². The predicted molar refractivity (Wildman–Crippen MR) is 103 cm³/mol. The minimum atomic E-state index is -0.930. The van der Waals surface area contributed by atoms with Crippen molar-refractivity contribution in [3.8, 4) is 0 Å². The molecular weight excluding hydrogens is 344 g/mol. The number of hydrogen-bond donors (Lipinski definition) is 2. The summed E-state index contributed by atoms with van der Waals surface area (Å²) >= 11 is 0. The van der Waals surface area contributed by atoms with Gasteiger partial charge in [0.15, 0.2) is 12.4 Å². The first kappa shape index (κ1) is 20.9. The van der Waals surface area contributed by atoms with Gasteiger partial charge in [-0.3, -0.25) is 4.79 Å². The van der Waals surface area contributed by atoms with Crippen LogP contribution >= 0.6 is 0 Å². The van der Waals surface area contributed by atoms with Gasteiger partial charge >= 0.3 is 5.97 Å². The first-order valence-electron chi connectivity index (χ1n) is 9.61. The fourth-order valence-corrected chi connectivity index (χ4v) is 3.24. The van der Waals surface area contributed by atoms with E-state index in [1.807, 2.05) is 33.0 Å². The fraction of sp³-hybridized carbons (Fsp3) is 0.600. The molecule has 0 aliphatic rings. The molecule has 148 valence electrons. The molecule has 27 heavy (non-hydrogen) atoms. The molecular formula is C20H31N4O3+. The van der Waals surface area contributed by atoms with Crippen molar-refractivity contribution in [3.63, 3.8) is 0 Å². The van der Waals surface area contributed by atoms with Crippen LogP contribution < -0.4 is 4.57 Å². The Bertz CT molecular complexity index is 785. The smallest absolute Gasteiger partial charge is 0.326 e. The standard InChI is InChI=1S/C20H30N4O3/c1-14(2)12-18(20(26)27)23(4)19(25)8-6-5-7-10-24-11-9-16-17(13-24)22-15(3)21-16/h9,11,13-14,18H,5-8,10,12H2,1-4H3,(H,26,27)/p+1/t18-/m0/s1. The number of amides is 1. The highest BCUT2D eigenvalue weighted by Crippen LogP contribution is 2.13. The number of H-pyrrole nitrogens is 1. The summed E-state index contributed by atoms with van der Waals surface area (Å²) in [7, 11) is 1.60. The molecule has 1 atom stereocenters. The zero-order valence-electron chi connectivity index (χ0n) is 16.7. The lowest BCUT2D eigenvalue weighted by atomic mass is 10.0. The number of likely N-dealkylation sites (N-methyl/N-ethyl adjacent to an activating group) is 1. The van der Waals surface area contributed by atoms with E-state index in [1.165, 1.54) is 4.90 Å². The Morgan fingerprint density at radius 2 is 2.04 bits per heavy atom. The summed E-state index contributed by atoms with van der Waals surface area (Å²) in [5, 5.41) is 9.35. The molecule has 2 heterocycles. The Kier molecular flexibility index (Phi) is 7.33. The van der Waals surface area contributed by atoms with Crippen LogP contribution in [0.4, 0.5) is 0 Å². The van der Waals surface area contributed by atoms with E-state index in [1.54, 1.807) is 7.05 Å². The number of fused-ring (bicyclic) bond motifs is 1. The summed E-state index contributed by atoms with van der Waals surface area (Å²) in [5.74, 6) is 0.113. The van der Waals surface area contributed by atoms with Crippen molar-refractivity contribution in [1.29, 1.82) is 0 Å². The molecule has 7 heteroatoms. The monoisotopic (exact) mass is 375 g/mol. The first-order valence-corrected chi connectivity index (χ1v) is 9.61. The normalized spacial score (nSPS) is 12.5. The Hall–Kier alpha value is -2.44. The number of rotatable bonds is 10. The van der Waals surface area contributed by atoms with Gasteiger partial charge in [-0.25, -0.2) is 14.3 Å². The molecule has 7 nitrogen and oxygen atoms in total. The van der Waals surface area contributed by atoms with Crippen LogP contribution in [0.2, 0.25) is 0 Å². The van der Waals surface area contributed by atoms with E-state index in [4.69, 9.17) is 0 Å². The number of hydrogen-bond acceptors (Lipinski definition) is 3. The van der Waals surface area contributed by atoms with Crippen LogP contribution in [0.1, 0.15) is 51.8 Å². The third-order valence-electron chi connectivity index (χ3n) is 4.75. The van der Waals surface area contributed by atoms with Crippen molar-refractivity contribution < 1.29 is 19.3 Å². The van der Waals surface area contributed by atoms with Crippen molar-refractivity contribution in [1.82, 2.24) is 14.9 Å². The van der Waals surface area contributed by atoms with Gasteiger partial charge in [-0.1, -0.05) is 13.8 Å². The number of aromatic nitrogens is 3. The van der Waals surface area contributed by atoms with Crippen molar-refractivity contribution in [2.45, 2.75) is 65.5 Å². The molecule has 0 saturated heterocycles. The van der Waals surface area contributed by atoms with E-state index < -0.39 is 12.0 Å². The molecule has 0 aromatic carbocycles. The Labute approximate surface area is 160 Å². The third kappa shape index (κ3) is 6.05. The molecule has 0 aliphatic heterocycles. The summed E-state index contributed by atoms with van der Waals surface area (Å²) in [6.07, 6.45) is 7.60. The molecule has 0 radical (unpaired) electrons. The number of unbranched alkanes of at least 4 members (excludes halogenated alkanes) is 2. The summed E-state index contributed by atoms with van der Waals surface area (Å²) in [6.45, 7) is 6.75. The minimum Gasteiger partial charge on any atom is -0.480 e. The minimum absolute atomic E-state index is 0.0925. The van der Waals surface area contributed by atoms with Gasteiger partial charge in [0.2, 0.25) is 5.91 Å². The van der Waals surface area contributed by atoms with Crippen molar-refractivity contribution in [3.05, 3.63) is 24.3 Å². The SMILES string of the molecule is Cc1nc2cc[n+](CCCCCC(=O)N(C)[C@@H](CC(C)C)C(=O)O)cc2[nH]1. The first-order chi connectivity index (χ1) is 12.8. The lowest BCUT2D eigenvalue weighted by Crippen LogP contribution is -2.43. The molecule has 2 aromatic heterocycles. The van der Waals surface area contributed by atoms with Gasteiger partial charge in [-0.2, -0.15) is 0 Å². The second-order valence-electron chi connectivity index (χ2n) is 7.60. The quantitative estimate of drug-likeness (QED) is 0.493. The van der Waals surface area contributed by atoms with Crippen LogP contribution in [0.15, 0.2) is 18.5 Å². The maximum atomic E-state index is 12.3. The van der Waals surface area contributed by atoms with E-state index in [9.17, 15) is 14.7 Å². The molecule has 0 unspecified atom stereocenters.